The van der Waals surface area contributed by atoms with Crippen molar-refractivity contribution in [2.45, 2.75) is 0 Å². The summed E-state index contributed by atoms with van der Waals surface area (Å²) in [6.07, 6.45) is 0. The Kier molecular flexibility index (Phi) is 4.15. The van der Waals surface area contributed by atoms with Crippen LogP contribution in [-0.4, -0.2) is 16.4 Å². The maximum atomic E-state index is 10.5. The van der Waals surface area contributed by atoms with Gasteiger partial charge in [0.2, 0.25) is 0 Å². The standard InChI is InChI=1S/C10H8INO2S2/c11-10-9(15-5-6-16-10)7-1-3-8(4-2-7)12(13)14/h1-4H,5-6H2. The fourth-order valence-electron chi connectivity index (χ4n) is 1.33. The molecule has 0 aliphatic carbocycles. The Morgan fingerprint density at radius 2 is 1.81 bits per heavy atom. The molecule has 0 unspecified atom stereocenters. The largest absolute Gasteiger partial charge is 0.269 e. The summed E-state index contributed by atoms with van der Waals surface area (Å²) in [4.78, 5) is 11.4. The van der Waals surface area contributed by atoms with E-state index in [-0.39, 0.29) is 10.6 Å². The zero-order valence-corrected chi connectivity index (χ0v) is 12.0. The number of nitro groups is 1. The Morgan fingerprint density at radius 1 is 1.19 bits per heavy atom. The summed E-state index contributed by atoms with van der Waals surface area (Å²) in [6.45, 7) is 0. The average molecular weight is 365 g/mol. The molecule has 0 saturated carbocycles. The van der Waals surface area contributed by atoms with Gasteiger partial charge in [-0.25, -0.2) is 0 Å². The molecule has 1 aliphatic rings. The van der Waals surface area contributed by atoms with E-state index in [1.807, 2.05) is 35.7 Å². The second-order valence-electron chi connectivity index (χ2n) is 3.10. The molecule has 3 nitrogen and oxygen atoms in total. The second-order valence-corrected chi connectivity index (χ2v) is 7.12. The molecule has 1 aromatic rings. The SMILES string of the molecule is O=[N+]([O-])c1ccc(C2=C(I)SCCS2)cc1. The molecular weight excluding hydrogens is 357 g/mol. The van der Waals surface area contributed by atoms with Gasteiger partial charge in [0.25, 0.3) is 5.69 Å². The highest BCUT2D eigenvalue weighted by Gasteiger charge is 2.14. The summed E-state index contributed by atoms with van der Waals surface area (Å²) in [5.41, 5.74) is 1.22. The minimum Gasteiger partial charge on any atom is -0.258 e. The van der Waals surface area contributed by atoms with E-state index in [9.17, 15) is 10.1 Å². The first-order valence-corrected chi connectivity index (χ1v) is 7.63. The van der Waals surface area contributed by atoms with Crippen LogP contribution in [0, 0.1) is 10.1 Å². The molecule has 0 spiro atoms. The van der Waals surface area contributed by atoms with Gasteiger partial charge in [0.1, 0.15) is 0 Å². The van der Waals surface area contributed by atoms with Crippen molar-refractivity contribution in [2.24, 2.45) is 0 Å². The summed E-state index contributed by atoms with van der Waals surface area (Å²) in [6, 6.07) is 6.77. The van der Waals surface area contributed by atoms with Gasteiger partial charge in [0.05, 0.1) is 7.84 Å². The monoisotopic (exact) mass is 365 g/mol. The van der Waals surface area contributed by atoms with Crippen LogP contribution in [0.15, 0.2) is 27.2 Å². The molecule has 1 aromatic carbocycles. The van der Waals surface area contributed by atoms with E-state index in [0.29, 0.717) is 0 Å². The third-order valence-electron chi connectivity index (χ3n) is 2.08. The Morgan fingerprint density at radius 3 is 2.38 bits per heavy atom. The predicted molar refractivity (Wildman–Crippen MR) is 79.0 cm³/mol. The van der Waals surface area contributed by atoms with Crippen LogP contribution in [0.3, 0.4) is 0 Å². The summed E-state index contributed by atoms with van der Waals surface area (Å²) >= 11 is 6.00. The van der Waals surface area contributed by atoms with Crippen molar-refractivity contribution in [3.05, 3.63) is 42.9 Å². The van der Waals surface area contributed by atoms with Gasteiger partial charge in [-0.3, -0.25) is 10.1 Å². The van der Waals surface area contributed by atoms with Crippen molar-refractivity contribution in [3.63, 3.8) is 0 Å². The quantitative estimate of drug-likeness (QED) is 0.449. The van der Waals surface area contributed by atoms with Crippen LogP contribution in [0.1, 0.15) is 5.56 Å². The van der Waals surface area contributed by atoms with Crippen molar-refractivity contribution in [1.82, 2.24) is 0 Å². The molecule has 6 heteroatoms. The van der Waals surface area contributed by atoms with Crippen molar-refractivity contribution in [3.8, 4) is 0 Å². The molecule has 0 atom stereocenters. The molecular formula is C10H8INO2S2. The van der Waals surface area contributed by atoms with Crippen molar-refractivity contribution >= 4 is 56.7 Å². The molecule has 0 fully saturated rings. The third kappa shape index (κ3) is 2.72. The van der Waals surface area contributed by atoms with E-state index in [4.69, 9.17) is 0 Å². The highest BCUT2D eigenvalue weighted by Crippen LogP contribution is 2.43. The lowest BCUT2D eigenvalue weighted by Gasteiger charge is -2.15. The molecule has 0 N–H and O–H groups in total. The van der Waals surface area contributed by atoms with Crippen LogP contribution in [0.4, 0.5) is 5.69 Å². The number of nitro benzene ring substituents is 1. The van der Waals surface area contributed by atoms with Gasteiger partial charge >= 0.3 is 0 Å². The van der Waals surface area contributed by atoms with Crippen molar-refractivity contribution in [1.29, 1.82) is 0 Å². The molecule has 0 aromatic heterocycles. The number of hydrogen-bond donors (Lipinski definition) is 0. The zero-order valence-electron chi connectivity index (χ0n) is 8.18. The summed E-state index contributed by atoms with van der Waals surface area (Å²) in [5, 5.41) is 10.5. The summed E-state index contributed by atoms with van der Waals surface area (Å²) in [7, 11) is 0. The molecule has 0 radical (unpaired) electrons. The van der Waals surface area contributed by atoms with Crippen LogP contribution in [0.2, 0.25) is 0 Å². The molecule has 0 saturated heterocycles. The minimum atomic E-state index is -0.369. The lowest BCUT2D eigenvalue weighted by atomic mass is 10.2. The zero-order chi connectivity index (χ0) is 11.5. The molecule has 1 heterocycles. The number of thioether (sulfide) groups is 2. The van der Waals surface area contributed by atoms with Gasteiger partial charge in [-0.2, -0.15) is 0 Å². The summed E-state index contributed by atoms with van der Waals surface area (Å²) < 4.78 is 1.28. The molecule has 1 aliphatic heterocycles. The minimum absolute atomic E-state index is 0.146. The van der Waals surface area contributed by atoms with Crippen LogP contribution in [0.5, 0.6) is 0 Å². The Labute approximate surface area is 115 Å². The van der Waals surface area contributed by atoms with Gasteiger partial charge in [-0.05, 0) is 40.3 Å². The molecule has 0 amide bonds. The Hall–Kier alpha value is -0.210. The van der Waals surface area contributed by atoms with E-state index in [1.165, 1.54) is 7.82 Å². The first kappa shape index (κ1) is 12.3. The van der Waals surface area contributed by atoms with E-state index in [2.05, 4.69) is 22.6 Å². The van der Waals surface area contributed by atoms with Crippen LogP contribution in [0.25, 0.3) is 4.91 Å². The number of benzene rings is 1. The third-order valence-corrected chi connectivity index (χ3v) is 6.31. The fourth-order valence-corrected chi connectivity index (χ4v) is 4.84. The maximum Gasteiger partial charge on any atom is 0.269 e. The number of non-ortho nitro benzene ring substituents is 1. The normalized spacial score (nSPS) is 16.3. The van der Waals surface area contributed by atoms with Crippen molar-refractivity contribution < 1.29 is 4.92 Å². The lowest BCUT2D eigenvalue weighted by molar-refractivity contribution is -0.384. The van der Waals surface area contributed by atoms with E-state index < -0.39 is 0 Å². The molecule has 2 rings (SSSR count). The fraction of sp³-hybridized carbons (Fsp3) is 0.200. The number of nitrogens with zero attached hydrogens (tertiary/aromatic N) is 1. The van der Waals surface area contributed by atoms with Crippen molar-refractivity contribution in [2.75, 3.05) is 11.5 Å². The Bertz CT molecular complexity index is 445. The smallest absolute Gasteiger partial charge is 0.258 e. The Balaban J connectivity index is 2.31. The van der Waals surface area contributed by atoms with Gasteiger partial charge in [-0.15, -0.1) is 23.5 Å². The van der Waals surface area contributed by atoms with Crippen LogP contribution >= 0.6 is 46.1 Å². The first-order chi connectivity index (χ1) is 7.68. The number of hydrogen-bond acceptors (Lipinski definition) is 4. The van der Waals surface area contributed by atoms with E-state index >= 15 is 0 Å². The average Bonchev–Trinajstić information content (AvgIpc) is 2.30. The van der Waals surface area contributed by atoms with E-state index in [0.717, 1.165) is 17.1 Å². The van der Waals surface area contributed by atoms with E-state index in [1.54, 1.807) is 12.1 Å². The first-order valence-electron chi connectivity index (χ1n) is 4.58. The summed E-state index contributed by atoms with van der Waals surface area (Å²) in [5.74, 6) is 2.24. The topological polar surface area (TPSA) is 43.1 Å². The molecule has 16 heavy (non-hydrogen) atoms. The maximum absolute atomic E-state index is 10.5. The second kappa shape index (κ2) is 5.42. The van der Waals surface area contributed by atoms with Gasteiger partial charge < -0.3 is 0 Å². The van der Waals surface area contributed by atoms with Gasteiger partial charge in [0, 0.05) is 28.5 Å². The predicted octanol–water partition coefficient (Wildman–Crippen LogP) is 4.14. The molecule has 0 bridgehead atoms. The highest BCUT2D eigenvalue weighted by atomic mass is 127. The van der Waals surface area contributed by atoms with Crippen LogP contribution in [-0.2, 0) is 0 Å². The van der Waals surface area contributed by atoms with Gasteiger partial charge in [0.15, 0.2) is 0 Å². The molecule has 84 valence electrons. The number of halogens is 1. The lowest BCUT2D eigenvalue weighted by Crippen LogP contribution is -1.94. The highest BCUT2D eigenvalue weighted by molar-refractivity contribution is 14.1. The van der Waals surface area contributed by atoms with Crippen LogP contribution < -0.4 is 0 Å². The number of rotatable bonds is 2. The van der Waals surface area contributed by atoms with Gasteiger partial charge in [-0.1, -0.05) is 0 Å².